The number of rotatable bonds is 6. The van der Waals surface area contributed by atoms with Gasteiger partial charge in [-0.1, -0.05) is 54.1 Å². The normalized spacial score (nSPS) is 12.0. The predicted octanol–water partition coefficient (Wildman–Crippen LogP) is 5.93. The van der Waals surface area contributed by atoms with Gasteiger partial charge in [0.1, 0.15) is 0 Å². The van der Waals surface area contributed by atoms with Crippen molar-refractivity contribution in [1.29, 1.82) is 0 Å². The van der Waals surface area contributed by atoms with Crippen molar-refractivity contribution in [3.63, 3.8) is 0 Å². The number of hydrogen-bond acceptors (Lipinski definition) is 3. The number of nitrogens with zero attached hydrogens (tertiary/aromatic N) is 1. The molecule has 4 aromatic rings. The van der Waals surface area contributed by atoms with Crippen molar-refractivity contribution in [2.24, 2.45) is 0 Å². The van der Waals surface area contributed by atoms with Crippen LogP contribution < -0.4 is 5.32 Å². The third-order valence-corrected chi connectivity index (χ3v) is 5.32. The van der Waals surface area contributed by atoms with E-state index in [1.165, 1.54) is 11.1 Å². The van der Waals surface area contributed by atoms with E-state index in [9.17, 15) is 4.79 Å². The molecule has 1 unspecified atom stereocenters. The highest BCUT2D eigenvalue weighted by molar-refractivity contribution is 5.97. The summed E-state index contributed by atoms with van der Waals surface area (Å²) in [4.78, 5) is 12.6. The zero-order valence-corrected chi connectivity index (χ0v) is 17.6. The fourth-order valence-electron chi connectivity index (χ4n) is 3.84. The van der Waals surface area contributed by atoms with Crippen molar-refractivity contribution in [2.75, 3.05) is 11.9 Å². The molecule has 2 heterocycles. The number of carbonyl (C=O) groups is 1. The van der Waals surface area contributed by atoms with Crippen LogP contribution in [0.25, 0.3) is 5.52 Å². The molecule has 2 aromatic carbocycles. The van der Waals surface area contributed by atoms with Gasteiger partial charge < -0.3 is 14.5 Å². The van der Waals surface area contributed by atoms with Crippen molar-refractivity contribution in [1.82, 2.24) is 4.40 Å². The second-order valence-corrected chi connectivity index (χ2v) is 7.47. The summed E-state index contributed by atoms with van der Waals surface area (Å²) in [5.74, 6) is -0.300. The van der Waals surface area contributed by atoms with Gasteiger partial charge in [0.15, 0.2) is 0 Å². The molecule has 0 aliphatic heterocycles. The van der Waals surface area contributed by atoms with Gasteiger partial charge in [0.05, 0.1) is 29.4 Å². The lowest BCUT2D eigenvalue weighted by atomic mass is 10.00. The van der Waals surface area contributed by atoms with Gasteiger partial charge in [0.2, 0.25) is 0 Å². The minimum absolute atomic E-state index is 0.135. The summed E-state index contributed by atoms with van der Waals surface area (Å²) in [5.41, 5.74) is 6.97. The van der Waals surface area contributed by atoms with Crippen LogP contribution in [0, 0.1) is 13.8 Å². The van der Waals surface area contributed by atoms with E-state index in [4.69, 9.17) is 4.74 Å². The number of ether oxygens (including phenoxy) is 1. The first-order chi connectivity index (χ1) is 14.6. The number of benzene rings is 2. The van der Waals surface area contributed by atoms with Crippen molar-refractivity contribution in [3.05, 3.63) is 107 Å². The molecular formula is C26H26N2O2. The van der Waals surface area contributed by atoms with E-state index in [2.05, 4.69) is 60.0 Å². The molecule has 152 valence electrons. The average molecular weight is 399 g/mol. The van der Waals surface area contributed by atoms with Gasteiger partial charge in [-0.05, 0) is 56.2 Å². The first-order valence-corrected chi connectivity index (χ1v) is 10.2. The number of nitrogens with one attached hydrogen (secondary N) is 1. The number of carbonyl (C=O) groups excluding carboxylic acids is 1. The number of fused-ring (bicyclic) bond motifs is 1. The molecule has 0 radical (unpaired) electrons. The quantitative estimate of drug-likeness (QED) is 0.409. The number of esters is 1. The lowest BCUT2D eigenvalue weighted by molar-refractivity contribution is 0.0528. The van der Waals surface area contributed by atoms with E-state index in [1.54, 1.807) is 0 Å². The molecule has 0 bridgehead atoms. The Kier molecular flexibility index (Phi) is 5.57. The van der Waals surface area contributed by atoms with E-state index in [0.717, 1.165) is 22.5 Å². The van der Waals surface area contributed by atoms with Gasteiger partial charge in [0, 0.05) is 11.9 Å². The smallest absolute Gasteiger partial charge is 0.340 e. The fraction of sp³-hybridized carbons (Fsp3) is 0.192. The molecule has 0 saturated heterocycles. The monoisotopic (exact) mass is 398 g/mol. The molecule has 0 amide bonds. The summed E-state index contributed by atoms with van der Waals surface area (Å²) in [6.45, 7) is 6.36. The zero-order valence-electron chi connectivity index (χ0n) is 17.6. The molecule has 4 heteroatoms. The van der Waals surface area contributed by atoms with Gasteiger partial charge in [0.25, 0.3) is 0 Å². The molecule has 1 N–H and O–H groups in total. The van der Waals surface area contributed by atoms with Gasteiger partial charge in [-0.3, -0.25) is 0 Å². The highest BCUT2D eigenvalue weighted by Gasteiger charge is 2.23. The lowest BCUT2D eigenvalue weighted by Gasteiger charge is -2.22. The maximum absolute atomic E-state index is 12.6. The van der Waals surface area contributed by atoms with E-state index in [-0.39, 0.29) is 12.0 Å². The van der Waals surface area contributed by atoms with Crippen molar-refractivity contribution in [3.8, 4) is 0 Å². The summed E-state index contributed by atoms with van der Waals surface area (Å²) in [5, 5.41) is 3.71. The highest BCUT2D eigenvalue weighted by atomic mass is 16.5. The SMILES string of the molecule is CCOC(=O)c1cc(C(Nc2ccccc2C)c2cccc(C)c2)n2ccccc12. The van der Waals surface area contributed by atoms with Gasteiger partial charge >= 0.3 is 5.97 Å². The zero-order chi connectivity index (χ0) is 21.1. The number of aromatic nitrogens is 1. The first kappa shape index (κ1) is 19.8. The van der Waals surface area contributed by atoms with Crippen LogP contribution in [0.4, 0.5) is 5.69 Å². The van der Waals surface area contributed by atoms with E-state index < -0.39 is 0 Å². The maximum atomic E-state index is 12.6. The molecule has 1 atom stereocenters. The van der Waals surface area contributed by atoms with Crippen LogP contribution in [-0.2, 0) is 4.74 Å². The van der Waals surface area contributed by atoms with Crippen LogP contribution in [0.5, 0.6) is 0 Å². The summed E-state index contributed by atoms with van der Waals surface area (Å²) >= 11 is 0. The molecular weight excluding hydrogens is 372 g/mol. The molecule has 4 rings (SSSR count). The summed E-state index contributed by atoms with van der Waals surface area (Å²) in [6, 6.07) is 24.4. The second-order valence-electron chi connectivity index (χ2n) is 7.47. The lowest BCUT2D eigenvalue weighted by Crippen LogP contribution is -2.15. The third kappa shape index (κ3) is 3.81. The van der Waals surface area contributed by atoms with Crippen LogP contribution in [0.15, 0.2) is 79.0 Å². The fourth-order valence-corrected chi connectivity index (χ4v) is 3.84. The van der Waals surface area contributed by atoms with Crippen LogP contribution in [0.2, 0.25) is 0 Å². The Morgan fingerprint density at radius 3 is 2.57 bits per heavy atom. The van der Waals surface area contributed by atoms with E-state index in [1.807, 2.05) is 49.5 Å². The Morgan fingerprint density at radius 1 is 1.00 bits per heavy atom. The molecule has 2 aromatic heterocycles. The van der Waals surface area contributed by atoms with Crippen LogP contribution >= 0.6 is 0 Å². The molecule has 0 saturated carbocycles. The largest absolute Gasteiger partial charge is 0.462 e. The van der Waals surface area contributed by atoms with Crippen LogP contribution in [-0.4, -0.2) is 17.0 Å². The van der Waals surface area contributed by atoms with Crippen LogP contribution in [0.1, 0.15) is 45.7 Å². The minimum atomic E-state index is -0.300. The predicted molar refractivity (Wildman–Crippen MR) is 121 cm³/mol. The van der Waals surface area contributed by atoms with E-state index >= 15 is 0 Å². The standard InChI is InChI=1S/C26H26N2O2/c1-4-30-26(29)21-17-24(28-15-8-7-14-23(21)28)25(20-12-9-10-18(2)16-20)27-22-13-6-5-11-19(22)3/h5-17,25,27H,4H2,1-3H3. The number of para-hydroxylation sites is 1. The van der Waals surface area contributed by atoms with Crippen LogP contribution in [0.3, 0.4) is 0 Å². The molecule has 0 spiro atoms. The Balaban J connectivity index is 1.90. The number of pyridine rings is 1. The molecule has 30 heavy (non-hydrogen) atoms. The number of hydrogen-bond donors (Lipinski definition) is 1. The average Bonchev–Trinajstić information content (AvgIpc) is 3.13. The molecule has 0 fully saturated rings. The molecule has 0 aliphatic carbocycles. The maximum Gasteiger partial charge on any atom is 0.340 e. The van der Waals surface area contributed by atoms with Crippen molar-refractivity contribution < 1.29 is 9.53 Å². The number of aryl methyl sites for hydroxylation is 2. The first-order valence-electron chi connectivity index (χ1n) is 10.2. The Hall–Kier alpha value is -3.53. The summed E-state index contributed by atoms with van der Waals surface area (Å²) in [6.07, 6.45) is 2.00. The number of anilines is 1. The molecule has 4 nitrogen and oxygen atoms in total. The van der Waals surface area contributed by atoms with Gasteiger partial charge in [-0.15, -0.1) is 0 Å². The van der Waals surface area contributed by atoms with Gasteiger partial charge in [-0.2, -0.15) is 0 Å². The van der Waals surface area contributed by atoms with Crippen molar-refractivity contribution in [2.45, 2.75) is 26.8 Å². The second kappa shape index (κ2) is 8.46. The summed E-state index contributed by atoms with van der Waals surface area (Å²) < 4.78 is 7.39. The molecule has 0 aliphatic rings. The van der Waals surface area contributed by atoms with E-state index in [0.29, 0.717) is 12.2 Å². The summed E-state index contributed by atoms with van der Waals surface area (Å²) in [7, 11) is 0. The Bertz CT molecular complexity index is 1190. The third-order valence-electron chi connectivity index (χ3n) is 5.32. The topological polar surface area (TPSA) is 42.7 Å². The Morgan fingerprint density at radius 2 is 1.80 bits per heavy atom. The highest BCUT2D eigenvalue weighted by Crippen LogP contribution is 2.32. The van der Waals surface area contributed by atoms with Gasteiger partial charge in [-0.25, -0.2) is 4.79 Å². The minimum Gasteiger partial charge on any atom is -0.462 e. The Labute approximate surface area is 177 Å². The van der Waals surface area contributed by atoms with Crippen molar-refractivity contribution >= 4 is 17.2 Å².